The van der Waals surface area contributed by atoms with Gasteiger partial charge in [0.05, 0.1) is 12.0 Å². The molecule has 2 aromatic rings. The monoisotopic (exact) mass is 391 g/mol. The Kier molecular flexibility index (Phi) is 5.58. The van der Waals surface area contributed by atoms with Gasteiger partial charge in [0.2, 0.25) is 0 Å². The van der Waals surface area contributed by atoms with Crippen LogP contribution in [0.15, 0.2) is 22.6 Å². The second-order valence-corrected chi connectivity index (χ2v) is 6.75. The van der Waals surface area contributed by atoms with Gasteiger partial charge < -0.3 is 14.4 Å². The van der Waals surface area contributed by atoms with Crippen molar-refractivity contribution in [2.75, 3.05) is 6.54 Å². The summed E-state index contributed by atoms with van der Waals surface area (Å²) in [6, 6.07) is 3.23. The lowest BCUT2D eigenvalue weighted by Crippen LogP contribution is -2.33. The van der Waals surface area contributed by atoms with Crippen LogP contribution in [0.25, 0.3) is 0 Å². The average molecular weight is 391 g/mol. The van der Waals surface area contributed by atoms with Crippen LogP contribution < -0.4 is 0 Å². The third-order valence-corrected chi connectivity index (χ3v) is 4.74. The number of hydrogen-bond acceptors (Lipinski definition) is 4. The summed E-state index contributed by atoms with van der Waals surface area (Å²) in [6.07, 6.45) is 1.25. The highest BCUT2D eigenvalue weighted by atomic mass is 19.2. The van der Waals surface area contributed by atoms with Gasteiger partial charge in [-0.2, -0.15) is 0 Å². The maximum absolute atomic E-state index is 13.5. The van der Waals surface area contributed by atoms with Gasteiger partial charge in [0.25, 0.3) is 5.91 Å². The lowest BCUT2D eigenvalue weighted by Gasteiger charge is -2.21. The summed E-state index contributed by atoms with van der Waals surface area (Å²) in [5.41, 5.74) is 1.15. The van der Waals surface area contributed by atoms with Crippen molar-refractivity contribution < 1.29 is 32.7 Å². The number of halogens is 2. The number of fused-ring (bicyclic) bond motifs is 1. The van der Waals surface area contributed by atoms with Crippen LogP contribution in [-0.4, -0.2) is 34.2 Å². The van der Waals surface area contributed by atoms with Gasteiger partial charge in [0, 0.05) is 31.5 Å². The molecule has 1 aliphatic rings. The number of carboxylic acid groups (broad SMARTS) is 1. The van der Waals surface area contributed by atoms with E-state index in [1.807, 2.05) is 0 Å². The summed E-state index contributed by atoms with van der Waals surface area (Å²) in [7, 11) is 0. The molecule has 6 nitrogen and oxygen atoms in total. The molecule has 1 aliphatic carbocycles. The van der Waals surface area contributed by atoms with Crippen LogP contribution in [0.5, 0.6) is 0 Å². The summed E-state index contributed by atoms with van der Waals surface area (Å²) in [6.45, 7) is 1.35. The zero-order valence-corrected chi connectivity index (χ0v) is 15.3. The number of hydrogen-bond donors (Lipinski definition) is 1. The molecule has 0 fully saturated rings. The number of carbonyl (C=O) groups excluding carboxylic acids is 2. The first-order valence-electron chi connectivity index (χ1n) is 8.88. The molecular formula is C20H19F2NO5. The fourth-order valence-corrected chi connectivity index (χ4v) is 3.34. The molecule has 0 atom stereocenters. The molecule has 0 aliphatic heterocycles. The number of ketones is 1. The summed E-state index contributed by atoms with van der Waals surface area (Å²) >= 11 is 0. The van der Waals surface area contributed by atoms with Gasteiger partial charge in [-0.05, 0) is 31.0 Å². The Morgan fingerprint density at radius 2 is 1.96 bits per heavy atom. The van der Waals surface area contributed by atoms with Crippen molar-refractivity contribution in [1.82, 2.24) is 4.90 Å². The van der Waals surface area contributed by atoms with E-state index >= 15 is 0 Å². The summed E-state index contributed by atoms with van der Waals surface area (Å²) in [5.74, 6) is -3.41. The lowest BCUT2D eigenvalue weighted by molar-refractivity contribution is -0.137. The van der Waals surface area contributed by atoms with Crippen LogP contribution in [0.3, 0.4) is 0 Å². The molecule has 0 saturated heterocycles. The number of Topliss-reactive ketones (excluding diaryl/α,β-unsaturated/α-hetero) is 1. The van der Waals surface area contributed by atoms with Crippen molar-refractivity contribution in [2.45, 2.75) is 39.2 Å². The van der Waals surface area contributed by atoms with E-state index in [1.165, 1.54) is 11.0 Å². The normalized spacial score (nSPS) is 13.3. The average Bonchev–Trinajstić information content (AvgIpc) is 2.99. The van der Waals surface area contributed by atoms with E-state index in [0.29, 0.717) is 41.7 Å². The standard InChI is InChI=1S/C20H19F2NO5/c1-11-18-15(24)3-2-4-16(18)28-19(11)20(27)23(8-7-17(25)26)10-12-5-6-13(21)14(22)9-12/h5-6,9H,2-4,7-8,10H2,1H3,(H,25,26). The molecular weight excluding hydrogens is 372 g/mol. The van der Waals surface area contributed by atoms with E-state index in [1.54, 1.807) is 6.92 Å². The van der Waals surface area contributed by atoms with E-state index in [-0.39, 0.29) is 31.1 Å². The molecule has 0 radical (unpaired) electrons. The number of rotatable bonds is 6. The van der Waals surface area contributed by atoms with Crippen molar-refractivity contribution in [3.8, 4) is 0 Å². The fourth-order valence-electron chi connectivity index (χ4n) is 3.34. The molecule has 1 N–H and O–H groups in total. The van der Waals surface area contributed by atoms with Crippen LogP contribution >= 0.6 is 0 Å². The molecule has 0 unspecified atom stereocenters. The van der Waals surface area contributed by atoms with Crippen LogP contribution in [0.1, 0.15) is 57.1 Å². The lowest BCUT2D eigenvalue weighted by atomic mass is 9.94. The van der Waals surface area contributed by atoms with Gasteiger partial charge >= 0.3 is 5.97 Å². The van der Waals surface area contributed by atoms with E-state index in [9.17, 15) is 23.2 Å². The van der Waals surface area contributed by atoms with Crippen LogP contribution in [0.4, 0.5) is 8.78 Å². The van der Waals surface area contributed by atoms with E-state index in [2.05, 4.69) is 0 Å². The van der Waals surface area contributed by atoms with Gasteiger partial charge in [-0.25, -0.2) is 8.78 Å². The third kappa shape index (κ3) is 3.95. The fraction of sp³-hybridized carbons (Fsp3) is 0.350. The molecule has 28 heavy (non-hydrogen) atoms. The highest BCUT2D eigenvalue weighted by Gasteiger charge is 2.31. The minimum atomic E-state index is -1.10. The van der Waals surface area contributed by atoms with Crippen molar-refractivity contribution >= 4 is 17.7 Å². The summed E-state index contributed by atoms with van der Waals surface area (Å²) in [5, 5.41) is 8.97. The molecule has 0 spiro atoms. The van der Waals surface area contributed by atoms with E-state index < -0.39 is 23.5 Å². The number of nitrogens with zero attached hydrogens (tertiary/aromatic N) is 1. The molecule has 0 bridgehead atoms. The van der Waals surface area contributed by atoms with Crippen molar-refractivity contribution in [3.05, 3.63) is 58.0 Å². The highest BCUT2D eigenvalue weighted by Crippen LogP contribution is 2.30. The minimum Gasteiger partial charge on any atom is -0.481 e. The van der Waals surface area contributed by atoms with Gasteiger partial charge in [0.1, 0.15) is 5.76 Å². The second kappa shape index (κ2) is 7.92. The molecule has 1 heterocycles. The number of aryl methyl sites for hydroxylation is 1. The topological polar surface area (TPSA) is 87.8 Å². The Hall–Kier alpha value is -3.03. The molecule has 1 aromatic carbocycles. The smallest absolute Gasteiger partial charge is 0.305 e. The van der Waals surface area contributed by atoms with E-state index in [4.69, 9.17) is 9.52 Å². The first kappa shape index (κ1) is 19.7. The second-order valence-electron chi connectivity index (χ2n) is 6.75. The molecule has 148 valence electrons. The Morgan fingerprint density at radius 1 is 1.21 bits per heavy atom. The molecule has 0 saturated carbocycles. The maximum atomic E-state index is 13.5. The number of carbonyl (C=O) groups is 3. The zero-order valence-electron chi connectivity index (χ0n) is 15.3. The number of carboxylic acids is 1. The minimum absolute atomic E-state index is 0.0202. The van der Waals surface area contributed by atoms with Gasteiger partial charge in [-0.3, -0.25) is 14.4 Å². The van der Waals surface area contributed by atoms with Crippen molar-refractivity contribution in [3.63, 3.8) is 0 Å². The first-order valence-corrected chi connectivity index (χ1v) is 8.88. The van der Waals surface area contributed by atoms with Crippen molar-refractivity contribution in [1.29, 1.82) is 0 Å². The number of furan rings is 1. The quantitative estimate of drug-likeness (QED) is 0.814. The Morgan fingerprint density at radius 3 is 2.61 bits per heavy atom. The SMILES string of the molecule is Cc1c(C(=O)N(CCC(=O)O)Cc2ccc(F)c(F)c2)oc2c1C(=O)CCC2. The van der Waals surface area contributed by atoms with Gasteiger partial charge in [0.15, 0.2) is 23.2 Å². The predicted molar refractivity (Wildman–Crippen MR) is 94.1 cm³/mol. The predicted octanol–water partition coefficient (Wildman–Crippen LogP) is 3.50. The Labute approximate surface area is 159 Å². The van der Waals surface area contributed by atoms with Crippen LogP contribution in [0.2, 0.25) is 0 Å². The maximum Gasteiger partial charge on any atom is 0.305 e. The molecule has 3 rings (SSSR count). The summed E-state index contributed by atoms with van der Waals surface area (Å²) in [4.78, 5) is 37.3. The Bertz CT molecular complexity index is 950. The molecule has 8 heteroatoms. The third-order valence-electron chi connectivity index (χ3n) is 4.74. The first-order chi connectivity index (χ1) is 13.3. The van der Waals surface area contributed by atoms with Crippen LogP contribution in [0, 0.1) is 18.6 Å². The molecule has 1 aromatic heterocycles. The summed E-state index contributed by atoms with van der Waals surface area (Å²) < 4.78 is 32.3. The van der Waals surface area contributed by atoms with E-state index in [0.717, 1.165) is 12.1 Å². The highest BCUT2D eigenvalue weighted by molar-refractivity contribution is 6.03. The number of benzene rings is 1. The largest absolute Gasteiger partial charge is 0.481 e. The van der Waals surface area contributed by atoms with Crippen LogP contribution in [-0.2, 0) is 17.8 Å². The Balaban J connectivity index is 1.91. The number of aliphatic carboxylic acids is 1. The van der Waals surface area contributed by atoms with Crippen molar-refractivity contribution in [2.24, 2.45) is 0 Å². The zero-order chi connectivity index (χ0) is 20.4. The molecule has 1 amide bonds. The van der Waals surface area contributed by atoms with Gasteiger partial charge in [-0.1, -0.05) is 6.07 Å². The number of amides is 1. The van der Waals surface area contributed by atoms with Gasteiger partial charge in [-0.15, -0.1) is 0 Å².